The van der Waals surface area contributed by atoms with Crippen LogP contribution < -0.4 is 0 Å². The van der Waals surface area contributed by atoms with Gasteiger partial charge in [-0.1, -0.05) is 5.16 Å². The lowest BCUT2D eigenvalue weighted by atomic mass is 10.1. The van der Waals surface area contributed by atoms with Crippen molar-refractivity contribution < 1.29 is 19.2 Å². The zero-order valence-electron chi connectivity index (χ0n) is 7.65. The first-order chi connectivity index (χ1) is 6.77. The molecule has 0 saturated carbocycles. The molecular formula is C9H11NO4. The summed E-state index contributed by atoms with van der Waals surface area (Å²) in [7, 11) is 0. The van der Waals surface area contributed by atoms with E-state index in [0.717, 1.165) is 17.7 Å². The monoisotopic (exact) mass is 197 g/mol. The molecule has 1 aromatic rings. The second-order valence-electron chi connectivity index (χ2n) is 3.23. The van der Waals surface area contributed by atoms with Crippen molar-refractivity contribution in [1.29, 1.82) is 0 Å². The summed E-state index contributed by atoms with van der Waals surface area (Å²) in [6.45, 7) is 1.16. The minimum absolute atomic E-state index is 0.0711. The standard InChI is InChI=1S/C9H11NO4/c11-9(12)2-1-8-6-5-13-4-3-7(6)10-14-8/h1-5H2,(H,11,12). The highest BCUT2D eigenvalue weighted by molar-refractivity contribution is 5.67. The van der Waals surface area contributed by atoms with Crippen LogP contribution in [0.25, 0.3) is 0 Å². The average Bonchev–Trinajstić information content (AvgIpc) is 2.58. The third-order valence-corrected chi connectivity index (χ3v) is 2.25. The number of hydrogen-bond donors (Lipinski definition) is 1. The summed E-state index contributed by atoms with van der Waals surface area (Å²) in [6.07, 6.45) is 1.22. The number of carbonyl (C=O) groups is 1. The number of rotatable bonds is 3. The lowest BCUT2D eigenvalue weighted by molar-refractivity contribution is -0.137. The van der Waals surface area contributed by atoms with Gasteiger partial charge in [-0.25, -0.2) is 0 Å². The fraction of sp³-hybridized carbons (Fsp3) is 0.556. The van der Waals surface area contributed by atoms with E-state index in [4.69, 9.17) is 14.4 Å². The Hall–Kier alpha value is -1.36. The summed E-state index contributed by atoms with van der Waals surface area (Å²) in [5.41, 5.74) is 1.86. The Morgan fingerprint density at radius 1 is 1.57 bits per heavy atom. The maximum Gasteiger partial charge on any atom is 0.303 e. The zero-order valence-corrected chi connectivity index (χ0v) is 7.65. The number of nitrogens with zero attached hydrogens (tertiary/aromatic N) is 1. The molecule has 1 aromatic heterocycles. The molecule has 1 N–H and O–H groups in total. The number of carboxylic acid groups (broad SMARTS) is 1. The van der Waals surface area contributed by atoms with E-state index in [1.165, 1.54) is 0 Å². The predicted octanol–water partition coefficient (Wildman–Crippen LogP) is 0.765. The van der Waals surface area contributed by atoms with E-state index in [0.29, 0.717) is 25.4 Å². The number of aliphatic carboxylic acids is 1. The van der Waals surface area contributed by atoms with Gasteiger partial charge in [0.15, 0.2) is 0 Å². The highest BCUT2D eigenvalue weighted by Gasteiger charge is 2.19. The van der Waals surface area contributed by atoms with Crippen LogP contribution in [0.3, 0.4) is 0 Å². The Labute approximate surface area is 80.6 Å². The maximum absolute atomic E-state index is 10.4. The molecule has 2 rings (SSSR count). The van der Waals surface area contributed by atoms with Crippen LogP contribution in [0.2, 0.25) is 0 Å². The fourth-order valence-electron chi connectivity index (χ4n) is 1.50. The first-order valence-electron chi connectivity index (χ1n) is 4.53. The van der Waals surface area contributed by atoms with Crippen LogP contribution in [0.4, 0.5) is 0 Å². The number of aryl methyl sites for hydroxylation is 1. The van der Waals surface area contributed by atoms with Crippen LogP contribution >= 0.6 is 0 Å². The van der Waals surface area contributed by atoms with Crippen molar-refractivity contribution in [3.63, 3.8) is 0 Å². The Morgan fingerprint density at radius 2 is 2.43 bits per heavy atom. The summed E-state index contributed by atoms with van der Waals surface area (Å²) in [5, 5.41) is 12.4. The second-order valence-corrected chi connectivity index (χ2v) is 3.23. The van der Waals surface area contributed by atoms with Gasteiger partial charge in [-0.3, -0.25) is 4.79 Å². The van der Waals surface area contributed by atoms with Crippen molar-refractivity contribution in [2.75, 3.05) is 6.61 Å². The summed E-state index contributed by atoms with van der Waals surface area (Å²) in [5.74, 6) is -0.172. The molecule has 5 nitrogen and oxygen atoms in total. The summed E-state index contributed by atoms with van der Waals surface area (Å²) < 4.78 is 10.3. The van der Waals surface area contributed by atoms with Crippen molar-refractivity contribution in [2.45, 2.75) is 25.9 Å². The lowest BCUT2D eigenvalue weighted by Crippen LogP contribution is -2.10. The molecule has 0 bridgehead atoms. The van der Waals surface area contributed by atoms with Gasteiger partial charge in [0.25, 0.3) is 0 Å². The maximum atomic E-state index is 10.4. The van der Waals surface area contributed by atoms with Gasteiger partial charge in [0, 0.05) is 18.4 Å². The molecule has 0 amide bonds. The highest BCUT2D eigenvalue weighted by Crippen LogP contribution is 2.21. The van der Waals surface area contributed by atoms with Crippen LogP contribution in [0, 0.1) is 0 Å². The van der Waals surface area contributed by atoms with Crippen LogP contribution in [0.1, 0.15) is 23.4 Å². The van der Waals surface area contributed by atoms with E-state index in [1.807, 2.05) is 0 Å². The van der Waals surface area contributed by atoms with Gasteiger partial charge >= 0.3 is 5.97 Å². The van der Waals surface area contributed by atoms with E-state index in [9.17, 15) is 4.79 Å². The molecule has 14 heavy (non-hydrogen) atoms. The molecule has 0 aliphatic carbocycles. The summed E-state index contributed by atoms with van der Waals surface area (Å²) >= 11 is 0. The van der Waals surface area contributed by atoms with Crippen molar-refractivity contribution in [2.24, 2.45) is 0 Å². The van der Waals surface area contributed by atoms with Gasteiger partial charge in [-0.15, -0.1) is 0 Å². The Morgan fingerprint density at radius 3 is 3.21 bits per heavy atom. The predicted molar refractivity (Wildman–Crippen MR) is 45.8 cm³/mol. The van der Waals surface area contributed by atoms with Gasteiger partial charge < -0.3 is 14.4 Å². The minimum atomic E-state index is -0.827. The smallest absolute Gasteiger partial charge is 0.303 e. The highest BCUT2D eigenvalue weighted by atomic mass is 16.5. The average molecular weight is 197 g/mol. The lowest BCUT2D eigenvalue weighted by Gasteiger charge is -2.09. The largest absolute Gasteiger partial charge is 0.481 e. The van der Waals surface area contributed by atoms with E-state index < -0.39 is 5.97 Å². The van der Waals surface area contributed by atoms with Crippen LogP contribution in [0.5, 0.6) is 0 Å². The molecule has 5 heteroatoms. The van der Waals surface area contributed by atoms with Gasteiger partial charge in [0.05, 0.1) is 25.3 Å². The van der Waals surface area contributed by atoms with Gasteiger partial charge in [-0.05, 0) is 0 Å². The third kappa shape index (κ3) is 1.77. The van der Waals surface area contributed by atoms with Crippen molar-refractivity contribution in [1.82, 2.24) is 5.16 Å². The first-order valence-corrected chi connectivity index (χ1v) is 4.53. The van der Waals surface area contributed by atoms with Crippen molar-refractivity contribution in [3.8, 4) is 0 Å². The number of carboxylic acids is 1. The first kappa shape index (κ1) is 9.21. The molecule has 0 unspecified atom stereocenters. The summed E-state index contributed by atoms with van der Waals surface area (Å²) in [6, 6.07) is 0. The quantitative estimate of drug-likeness (QED) is 0.774. The van der Waals surface area contributed by atoms with E-state index in [2.05, 4.69) is 5.16 Å². The minimum Gasteiger partial charge on any atom is -0.481 e. The van der Waals surface area contributed by atoms with Gasteiger partial charge in [0.2, 0.25) is 0 Å². The molecule has 0 spiro atoms. The number of ether oxygens (including phenoxy) is 1. The third-order valence-electron chi connectivity index (χ3n) is 2.25. The molecular weight excluding hydrogens is 186 g/mol. The van der Waals surface area contributed by atoms with Gasteiger partial charge in [-0.2, -0.15) is 0 Å². The molecule has 0 fully saturated rings. The van der Waals surface area contributed by atoms with E-state index in [-0.39, 0.29) is 6.42 Å². The number of fused-ring (bicyclic) bond motifs is 1. The molecule has 2 heterocycles. The Kier molecular flexibility index (Phi) is 2.49. The molecule has 1 aliphatic rings. The van der Waals surface area contributed by atoms with E-state index in [1.54, 1.807) is 0 Å². The van der Waals surface area contributed by atoms with Crippen LogP contribution in [-0.4, -0.2) is 22.8 Å². The molecule has 1 aliphatic heterocycles. The van der Waals surface area contributed by atoms with Crippen molar-refractivity contribution >= 4 is 5.97 Å². The zero-order chi connectivity index (χ0) is 9.97. The molecule has 0 saturated heterocycles. The SMILES string of the molecule is O=C(O)CCc1onc2c1COCC2. The molecule has 0 atom stereocenters. The number of aromatic nitrogens is 1. The molecule has 0 aromatic carbocycles. The fourth-order valence-corrected chi connectivity index (χ4v) is 1.50. The number of hydrogen-bond acceptors (Lipinski definition) is 4. The Balaban J connectivity index is 2.10. The second kappa shape index (κ2) is 3.79. The van der Waals surface area contributed by atoms with Crippen LogP contribution in [0.15, 0.2) is 4.52 Å². The van der Waals surface area contributed by atoms with Gasteiger partial charge in [0.1, 0.15) is 5.76 Å². The van der Waals surface area contributed by atoms with E-state index >= 15 is 0 Å². The topological polar surface area (TPSA) is 72.6 Å². The molecule has 76 valence electrons. The van der Waals surface area contributed by atoms with Crippen molar-refractivity contribution in [3.05, 3.63) is 17.0 Å². The Bertz CT molecular complexity index is 345. The normalized spacial score (nSPS) is 15.1. The van der Waals surface area contributed by atoms with Crippen LogP contribution in [-0.2, 0) is 29.0 Å². The summed E-state index contributed by atoms with van der Waals surface area (Å²) in [4.78, 5) is 10.4. The molecule has 0 radical (unpaired) electrons.